The van der Waals surface area contributed by atoms with Crippen LogP contribution in [0.3, 0.4) is 0 Å². The summed E-state index contributed by atoms with van der Waals surface area (Å²) in [7, 11) is 0. The number of H-pyrrole nitrogens is 1. The van der Waals surface area contributed by atoms with Crippen molar-refractivity contribution in [2.24, 2.45) is 0 Å². The molecule has 152 valence electrons. The molecule has 0 spiro atoms. The van der Waals surface area contributed by atoms with Crippen LogP contribution in [0.15, 0.2) is 53.8 Å². The van der Waals surface area contributed by atoms with Crippen LogP contribution in [0.1, 0.15) is 38.4 Å². The van der Waals surface area contributed by atoms with E-state index in [9.17, 15) is 9.59 Å². The van der Waals surface area contributed by atoms with Crippen LogP contribution in [0, 0.1) is 20.8 Å². The normalized spacial score (nSPS) is 11.0. The molecule has 7 heteroatoms. The minimum Gasteiger partial charge on any atom is -0.348 e. The predicted octanol–water partition coefficient (Wildman–Crippen LogP) is 3.02. The highest BCUT2D eigenvalue weighted by molar-refractivity contribution is 6.08. The first-order valence-electron chi connectivity index (χ1n) is 9.75. The Morgan fingerprint density at radius 2 is 1.87 bits per heavy atom. The zero-order valence-corrected chi connectivity index (χ0v) is 17.2. The van der Waals surface area contributed by atoms with Crippen LogP contribution in [-0.2, 0) is 13.1 Å². The second kappa shape index (κ2) is 7.94. The van der Waals surface area contributed by atoms with E-state index in [4.69, 9.17) is 0 Å². The number of aryl methyl sites for hydroxylation is 2. The van der Waals surface area contributed by atoms with E-state index in [0.717, 1.165) is 33.4 Å². The summed E-state index contributed by atoms with van der Waals surface area (Å²) < 4.78 is 2.09. The molecule has 0 fully saturated rings. The highest BCUT2D eigenvalue weighted by atomic mass is 16.2. The minimum atomic E-state index is -0.203. The van der Waals surface area contributed by atoms with Crippen LogP contribution in [0.5, 0.6) is 0 Å². The first-order chi connectivity index (χ1) is 14.5. The number of aromatic amines is 1. The number of aromatic nitrogens is 4. The second-order valence-electron chi connectivity index (χ2n) is 7.44. The highest BCUT2D eigenvalue weighted by Gasteiger charge is 2.20. The van der Waals surface area contributed by atoms with Gasteiger partial charge < -0.3 is 14.9 Å². The molecule has 0 radical (unpaired) electrons. The summed E-state index contributed by atoms with van der Waals surface area (Å²) in [5, 5.41) is 3.80. The maximum Gasteiger partial charge on any atom is 0.254 e. The van der Waals surface area contributed by atoms with Crippen molar-refractivity contribution in [3.05, 3.63) is 93.0 Å². The molecule has 3 heterocycles. The highest BCUT2D eigenvalue weighted by Crippen LogP contribution is 2.26. The van der Waals surface area contributed by atoms with Crippen molar-refractivity contribution in [3.63, 3.8) is 0 Å². The number of nitrogens with one attached hydrogen (secondary N) is 2. The van der Waals surface area contributed by atoms with E-state index in [1.54, 1.807) is 12.4 Å². The monoisotopic (exact) mass is 401 g/mol. The number of benzene rings is 1. The van der Waals surface area contributed by atoms with Crippen LogP contribution < -0.4 is 10.9 Å². The van der Waals surface area contributed by atoms with Crippen LogP contribution >= 0.6 is 0 Å². The lowest BCUT2D eigenvalue weighted by atomic mass is 10.1. The molecular weight excluding hydrogens is 378 g/mol. The Morgan fingerprint density at radius 1 is 1.13 bits per heavy atom. The smallest absolute Gasteiger partial charge is 0.254 e. The first kappa shape index (κ1) is 19.6. The summed E-state index contributed by atoms with van der Waals surface area (Å²) >= 11 is 0. The van der Waals surface area contributed by atoms with Crippen LogP contribution in [0.2, 0.25) is 0 Å². The number of para-hydroxylation sites is 1. The number of rotatable bonds is 5. The summed E-state index contributed by atoms with van der Waals surface area (Å²) in [6, 6.07) is 9.72. The minimum absolute atomic E-state index is 0.170. The Labute approximate surface area is 173 Å². The average Bonchev–Trinajstić information content (AvgIpc) is 2.99. The molecule has 1 amide bonds. The van der Waals surface area contributed by atoms with Gasteiger partial charge in [-0.2, -0.15) is 0 Å². The molecule has 0 saturated heterocycles. The SMILES string of the molecule is Cc1cc(C)c(CNC(=O)c2c(C)n(Cc3cncnc3)c3ccccc23)c(=O)[nH]1. The molecule has 0 atom stereocenters. The van der Waals surface area contributed by atoms with Gasteiger partial charge >= 0.3 is 0 Å². The maximum absolute atomic E-state index is 13.1. The zero-order valence-electron chi connectivity index (χ0n) is 17.2. The van der Waals surface area contributed by atoms with Gasteiger partial charge in [-0.05, 0) is 38.5 Å². The third-order valence-corrected chi connectivity index (χ3v) is 5.33. The molecule has 2 N–H and O–H groups in total. The number of nitrogens with zero attached hydrogens (tertiary/aromatic N) is 3. The van der Waals surface area contributed by atoms with Crippen molar-refractivity contribution in [1.82, 2.24) is 24.8 Å². The topological polar surface area (TPSA) is 92.7 Å². The predicted molar refractivity (Wildman–Crippen MR) is 116 cm³/mol. The number of hydrogen-bond donors (Lipinski definition) is 2. The van der Waals surface area contributed by atoms with Gasteiger partial charge in [-0.3, -0.25) is 9.59 Å². The van der Waals surface area contributed by atoms with Crippen molar-refractivity contribution in [2.45, 2.75) is 33.9 Å². The van der Waals surface area contributed by atoms with E-state index in [0.29, 0.717) is 17.7 Å². The molecule has 0 bridgehead atoms. The lowest BCUT2D eigenvalue weighted by Gasteiger charge is -2.10. The fourth-order valence-corrected chi connectivity index (χ4v) is 3.87. The Bertz CT molecular complexity index is 1290. The van der Waals surface area contributed by atoms with Crippen LogP contribution in [-0.4, -0.2) is 25.4 Å². The van der Waals surface area contributed by atoms with Gasteiger partial charge in [-0.25, -0.2) is 9.97 Å². The third kappa shape index (κ3) is 3.61. The largest absolute Gasteiger partial charge is 0.348 e. The van der Waals surface area contributed by atoms with Crippen molar-refractivity contribution >= 4 is 16.8 Å². The quantitative estimate of drug-likeness (QED) is 0.538. The standard InChI is InChI=1S/C23H23N5O2/c1-14-8-15(2)27-22(29)19(14)11-26-23(30)21-16(3)28(12-17-9-24-13-25-10-17)20-7-5-4-6-18(20)21/h4-10,13H,11-12H2,1-3H3,(H,26,30)(H,27,29). The molecule has 4 aromatic rings. The Morgan fingerprint density at radius 3 is 2.60 bits per heavy atom. The Hall–Kier alpha value is -3.74. The fraction of sp³-hybridized carbons (Fsp3) is 0.217. The van der Waals surface area contributed by atoms with Crippen LogP contribution in [0.4, 0.5) is 0 Å². The third-order valence-electron chi connectivity index (χ3n) is 5.33. The number of amides is 1. The molecule has 0 aliphatic heterocycles. The van der Waals surface area contributed by atoms with Crippen molar-refractivity contribution < 1.29 is 4.79 Å². The number of carbonyl (C=O) groups is 1. The molecule has 1 aromatic carbocycles. The lowest BCUT2D eigenvalue weighted by molar-refractivity contribution is 0.0951. The van der Waals surface area contributed by atoms with Gasteiger partial charge in [-0.1, -0.05) is 18.2 Å². The van der Waals surface area contributed by atoms with Crippen LogP contribution in [0.25, 0.3) is 10.9 Å². The molecule has 0 aliphatic rings. The lowest BCUT2D eigenvalue weighted by Crippen LogP contribution is -2.28. The maximum atomic E-state index is 13.1. The van der Waals surface area contributed by atoms with Gasteiger partial charge in [0.25, 0.3) is 11.5 Å². The summed E-state index contributed by atoms with van der Waals surface area (Å²) in [6.07, 6.45) is 5.04. The van der Waals surface area contributed by atoms with Gasteiger partial charge in [-0.15, -0.1) is 0 Å². The zero-order chi connectivity index (χ0) is 21.3. The van der Waals surface area contributed by atoms with Crippen molar-refractivity contribution in [3.8, 4) is 0 Å². The van der Waals surface area contributed by atoms with Gasteiger partial charge in [0.1, 0.15) is 6.33 Å². The molecule has 3 aromatic heterocycles. The van der Waals surface area contributed by atoms with E-state index in [1.165, 1.54) is 6.33 Å². The fourth-order valence-electron chi connectivity index (χ4n) is 3.87. The van der Waals surface area contributed by atoms with Gasteiger partial charge in [0.15, 0.2) is 0 Å². The number of fused-ring (bicyclic) bond motifs is 1. The molecule has 7 nitrogen and oxygen atoms in total. The van der Waals surface area contributed by atoms with Gasteiger partial charge in [0.05, 0.1) is 12.1 Å². The molecule has 0 saturated carbocycles. The molecular formula is C23H23N5O2. The first-order valence-corrected chi connectivity index (χ1v) is 9.75. The summed E-state index contributed by atoms with van der Waals surface area (Å²) in [6.45, 7) is 6.39. The van der Waals surface area contributed by atoms with E-state index >= 15 is 0 Å². The average molecular weight is 401 g/mol. The van der Waals surface area contributed by atoms with Crippen molar-refractivity contribution in [1.29, 1.82) is 0 Å². The molecule has 4 rings (SSSR count). The summed E-state index contributed by atoms with van der Waals surface area (Å²) in [4.78, 5) is 36.4. The van der Waals surface area contributed by atoms with Gasteiger partial charge in [0.2, 0.25) is 0 Å². The number of pyridine rings is 1. The van der Waals surface area contributed by atoms with Crippen molar-refractivity contribution in [2.75, 3.05) is 0 Å². The molecule has 0 unspecified atom stereocenters. The van der Waals surface area contributed by atoms with E-state index in [-0.39, 0.29) is 18.0 Å². The summed E-state index contributed by atoms with van der Waals surface area (Å²) in [5.74, 6) is -0.203. The molecule has 0 aliphatic carbocycles. The van der Waals surface area contributed by atoms with Gasteiger partial charge in [0, 0.05) is 52.4 Å². The Balaban J connectivity index is 1.68. The molecule has 30 heavy (non-hydrogen) atoms. The van der Waals surface area contributed by atoms with E-state index in [2.05, 4.69) is 24.8 Å². The summed E-state index contributed by atoms with van der Waals surface area (Å²) in [5.41, 5.74) is 5.45. The number of hydrogen-bond acceptors (Lipinski definition) is 4. The Kier molecular flexibility index (Phi) is 5.18. The van der Waals surface area contributed by atoms with E-state index < -0.39 is 0 Å². The second-order valence-corrected chi connectivity index (χ2v) is 7.44. The van der Waals surface area contributed by atoms with E-state index in [1.807, 2.05) is 51.1 Å². The number of carbonyl (C=O) groups excluding carboxylic acids is 1.